The van der Waals surface area contributed by atoms with E-state index in [1.165, 1.54) is 35.6 Å². The molecule has 0 heterocycles. The number of benzene rings is 2. The first-order valence-electron chi connectivity index (χ1n) is 9.20. The van der Waals surface area contributed by atoms with Gasteiger partial charge in [-0.2, -0.15) is 4.31 Å². The Bertz CT molecular complexity index is 997. The number of hydrogen-bond donors (Lipinski definition) is 1. The van der Waals surface area contributed by atoms with Crippen LogP contribution in [0.3, 0.4) is 0 Å². The summed E-state index contributed by atoms with van der Waals surface area (Å²) in [6, 6.07) is 12.3. The van der Waals surface area contributed by atoms with Gasteiger partial charge in [0, 0.05) is 18.8 Å². The van der Waals surface area contributed by atoms with Crippen molar-refractivity contribution >= 4 is 25.7 Å². The molecule has 0 aromatic heterocycles. The van der Waals surface area contributed by atoms with E-state index in [-0.39, 0.29) is 15.8 Å². The molecule has 6 nitrogen and oxygen atoms in total. The van der Waals surface area contributed by atoms with Gasteiger partial charge in [-0.25, -0.2) is 16.8 Å². The lowest BCUT2D eigenvalue weighted by atomic mass is 9.99. The molecule has 0 radical (unpaired) electrons. The largest absolute Gasteiger partial charge is 0.280 e. The van der Waals surface area contributed by atoms with E-state index in [0.717, 1.165) is 12.0 Å². The van der Waals surface area contributed by atoms with Crippen LogP contribution in [0.4, 0.5) is 5.69 Å². The standard InChI is InChI=1S/C20H28N2O4S2/c1-6-16(4)17-7-11-19(12-8-17)27(23,24)21-18-9-13-20(14-10-18)28(25,26)22(5)15(2)3/h7-16,21H,6H2,1-5H3/t16-/m0/s1. The third-order valence-electron chi connectivity index (χ3n) is 4.88. The maximum atomic E-state index is 12.6. The molecule has 1 N–H and O–H groups in total. The van der Waals surface area contributed by atoms with Crippen LogP contribution in [-0.4, -0.2) is 34.2 Å². The van der Waals surface area contributed by atoms with Crippen molar-refractivity contribution < 1.29 is 16.8 Å². The predicted molar refractivity (Wildman–Crippen MR) is 112 cm³/mol. The number of sulfonamides is 2. The molecule has 0 saturated carbocycles. The molecule has 2 aromatic rings. The van der Waals surface area contributed by atoms with Gasteiger partial charge in [0.15, 0.2) is 0 Å². The molecule has 0 unspecified atom stereocenters. The molecule has 0 saturated heterocycles. The Balaban J connectivity index is 2.21. The SMILES string of the molecule is CC[C@H](C)c1ccc(S(=O)(=O)Nc2ccc(S(=O)(=O)N(C)C(C)C)cc2)cc1. The van der Waals surface area contributed by atoms with Gasteiger partial charge < -0.3 is 0 Å². The molecule has 0 aliphatic rings. The average molecular weight is 425 g/mol. The highest BCUT2D eigenvalue weighted by Gasteiger charge is 2.23. The number of rotatable bonds is 8. The van der Waals surface area contributed by atoms with Crippen molar-refractivity contribution in [1.29, 1.82) is 0 Å². The topological polar surface area (TPSA) is 83.5 Å². The normalized spacial score (nSPS) is 13.7. The van der Waals surface area contributed by atoms with Crippen molar-refractivity contribution in [2.75, 3.05) is 11.8 Å². The maximum Gasteiger partial charge on any atom is 0.261 e. The lowest BCUT2D eigenvalue weighted by molar-refractivity contribution is 0.410. The number of nitrogens with zero attached hydrogens (tertiary/aromatic N) is 1. The van der Waals surface area contributed by atoms with Gasteiger partial charge in [0.1, 0.15) is 0 Å². The first kappa shape index (κ1) is 22.4. The van der Waals surface area contributed by atoms with Crippen LogP contribution in [0.15, 0.2) is 58.3 Å². The van der Waals surface area contributed by atoms with Gasteiger partial charge >= 0.3 is 0 Å². The molecule has 0 amide bonds. The molecule has 2 rings (SSSR count). The summed E-state index contributed by atoms with van der Waals surface area (Å²) < 4.78 is 53.9. The van der Waals surface area contributed by atoms with Crippen LogP contribution in [0.25, 0.3) is 0 Å². The molecule has 154 valence electrons. The fraction of sp³-hybridized carbons (Fsp3) is 0.400. The van der Waals surface area contributed by atoms with Crippen LogP contribution in [0.5, 0.6) is 0 Å². The maximum absolute atomic E-state index is 12.6. The van der Waals surface area contributed by atoms with E-state index in [1.54, 1.807) is 26.0 Å². The molecular weight excluding hydrogens is 396 g/mol. The zero-order valence-electron chi connectivity index (χ0n) is 16.9. The summed E-state index contributed by atoms with van der Waals surface area (Å²) >= 11 is 0. The van der Waals surface area contributed by atoms with Gasteiger partial charge in [-0.05, 0) is 68.1 Å². The highest BCUT2D eigenvalue weighted by Crippen LogP contribution is 2.23. The molecule has 1 atom stereocenters. The Morgan fingerprint density at radius 3 is 1.82 bits per heavy atom. The summed E-state index contributed by atoms with van der Waals surface area (Å²) in [7, 11) is -5.85. The minimum Gasteiger partial charge on any atom is -0.280 e. The zero-order valence-corrected chi connectivity index (χ0v) is 18.5. The summed E-state index contributed by atoms with van der Waals surface area (Å²) in [4.78, 5) is 0.278. The quantitative estimate of drug-likeness (QED) is 0.693. The first-order chi connectivity index (χ1) is 13.0. The highest BCUT2D eigenvalue weighted by atomic mass is 32.2. The fourth-order valence-electron chi connectivity index (χ4n) is 2.56. The third-order valence-corrected chi connectivity index (χ3v) is 8.33. The summed E-state index contributed by atoms with van der Waals surface area (Å²) in [6.07, 6.45) is 0.978. The molecule has 8 heteroatoms. The van der Waals surface area contributed by atoms with Gasteiger partial charge in [-0.1, -0.05) is 26.0 Å². The second kappa shape index (κ2) is 8.63. The van der Waals surface area contributed by atoms with E-state index in [9.17, 15) is 16.8 Å². The minimum absolute atomic E-state index is 0.115. The molecule has 0 aliphatic carbocycles. The first-order valence-corrected chi connectivity index (χ1v) is 12.1. The summed E-state index contributed by atoms with van der Waals surface area (Å²) in [5.74, 6) is 0.364. The van der Waals surface area contributed by atoms with Crippen molar-refractivity contribution in [2.45, 2.75) is 55.9 Å². The molecule has 0 spiro atoms. The lowest BCUT2D eigenvalue weighted by Crippen LogP contribution is -2.33. The number of anilines is 1. The summed E-state index contributed by atoms with van der Waals surface area (Å²) in [6.45, 7) is 7.74. The van der Waals surface area contributed by atoms with Gasteiger partial charge in [0.05, 0.1) is 9.79 Å². The van der Waals surface area contributed by atoms with Crippen molar-refractivity contribution in [3.8, 4) is 0 Å². The molecule has 28 heavy (non-hydrogen) atoms. The van der Waals surface area contributed by atoms with Crippen LogP contribution >= 0.6 is 0 Å². The Morgan fingerprint density at radius 2 is 1.36 bits per heavy atom. The van der Waals surface area contributed by atoms with Crippen LogP contribution in [0.1, 0.15) is 45.6 Å². The van der Waals surface area contributed by atoms with Crippen molar-refractivity contribution in [3.05, 3.63) is 54.1 Å². The van der Waals surface area contributed by atoms with Crippen molar-refractivity contribution in [1.82, 2.24) is 4.31 Å². The number of nitrogens with one attached hydrogen (secondary N) is 1. The Morgan fingerprint density at radius 1 is 0.857 bits per heavy atom. The highest BCUT2D eigenvalue weighted by molar-refractivity contribution is 7.92. The Hall–Kier alpha value is -1.90. The average Bonchev–Trinajstić information content (AvgIpc) is 2.66. The van der Waals surface area contributed by atoms with Crippen molar-refractivity contribution in [3.63, 3.8) is 0 Å². The Kier molecular flexibility index (Phi) is 6.90. The zero-order chi connectivity index (χ0) is 21.1. The van der Waals surface area contributed by atoms with Crippen LogP contribution in [-0.2, 0) is 20.0 Å². The van der Waals surface area contributed by atoms with E-state index >= 15 is 0 Å². The smallest absolute Gasteiger partial charge is 0.261 e. The van der Waals surface area contributed by atoms with E-state index in [0.29, 0.717) is 11.6 Å². The second-order valence-electron chi connectivity index (χ2n) is 7.12. The van der Waals surface area contributed by atoms with E-state index in [1.807, 2.05) is 12.1 Å². The third kappa shape index (κ3) is 4.92. The van der Waals surface area contributed by atoms with Gasteiger partial charge in [0.25, 0.3) is 10.0 Å². The fourth-order valence-corrected chi connectivity index (χ4v) is 4.99. The van der Waals surface area contributed by atoms with Gasteiger partial charge in [-0.3, -0.25) is 4.72 Å². The summed E-state index contributed by atoms with van der Waals surface area (Å²) in [5.41, 5.74) is 1.39. The van der Waals surface area contributed by atoms with E-state index < -0.39 is 20.0 Å². The molecule has 2 aromatic carbocycles. The molecule has 0 aliphatic heterocycles. The van der Waals surface area contributed by atoms with Crippen molar-refractivity contribution in [2.24, 2.45) is 0 Å². The van der Waals surface area contributed by atoms with E-state index in [4.69, 9.17) is 0 Å². The van der Waals surface area contributed by atoms with Crippen LogP contribution < -0.4 is 4.72 Å². The molecule has 0 bridgehead atoms. The van der Waals surface area contributed by atoms with E-state index in [2.05, 4.69) is 18.6 Å². The number of hydrogen-bond acceptors (Lipinski definition) is 4. The Labute approximate surface area is 168 Å². The lowest BCUT2D eigenvalue weighted by Gasteiger charge is -2.21. The van der Waals surface area contributed by atoms with Crippen LogP contribution in [0, 0.1) is 0 Å². The molecular formula is C20H28N2O4S2. The van der Waals surface area contributed by atoms with Crippen LogP contribution in [0.2, 0.25) is 0 Å². The monoisotopic (exact) mass is 424 g/mol. The second-order valence-corrected chi connectivity index (χ2v) is 10.8. The summed E-state index contributed by atoms with van der Waals surface area (Å²) in [5, 5.41) is 0. The predicted octanol–water partition coefficient (Wildman–Crippen LogP) is 4.03. The minimum atomic E-state index is -3.75. The van der Waals surface area contributed by atoms with Gasteiger partial charge in [-0.15, -0.1) is 0 Å². The molecule has 0 fully saturated rings. The van der Waals surface area contributed by atoms with Gasteiger partial charge in [0.2, 0.25) is 10.0 Å².